The van der Waals surface area contributed by atoms with E-state index in [1.54, 1.807) is 0 Å². The van der Waals surface area contributed by atoms with Crippen LogP contribution in [0.15, 0.2) is 24.3 Å². The fraction of sp³-hybridized carbons (Fsp3) is 0.600. The molecular formula is C15H23ClN2. The van der Waals surface area contributed by atoms with Crippen molar-refractivity contribution in [3.63, 3.8) is 0 Å². The third-order valence-electron chi connectivity index (χ3n) is 3.41. The van der Waals surface area contributed by atoms with Crippen LogP contribution in [0.25, 0.3) is 0 Å². The van der Waals surface area contributed by atoms with E-state index in [0.717, 1.165) is 37.1 Å². The molecule has 18 heavy (non-hydrogen) atoms. The van der Waals surface area contributed by atoms with Crippen molar-refractivity contribution >= 4 is 11.6 Å². The molecule has 0 spiro atoms. The maximum atomic E-state index is 5.91. The lowest BCUT2D eigenvalue weighted by molar-refractivity contribution is 0.179. The third kappa shape index (κ3) is 4.27. The van der Waals surface area contributed by atoms with Crippen molar-refractivity contribution < 1.29 is 0 Å². The Bertz CT molecular complexity index is 361. The number of nitrogens with one attached hydrogen (secondary N) is 1. The van der Waals surface area contributed by atoms with Crippen LogP contribution in [0.1, 0.15) is 25.8 Å². The molecule has 0 bridgehead atoms. The maximum absolute atomic E-state index is 5.91. The largest absolute Gasteiger partial charge is 0.311 e. The first-order valence-corrected chi connectivity index (χ1v) is 7.21. The number of nitrogens with zero attached hydrogens (tertiary/aromatic N) is 1. The number of benzene rings is 1. The lowest BCUT2D eigenvalue weighted by Crippen LogP contribution is -2.50. The Morgan fingerprint density at radius 3 is 2.72 bits per heavy atom. The zero-order valence-electron chi connectivity index (χ0n) is 11.3. The van der Waals surface area contributed by atoms with Crippen LogP contribution in [-0.4, -0.2) is 30.6 Å². The minimum Gasteiger partial charge on any atom is -0.311 e. The van der Waals surface area contributed by atoms with Crippen molar-refractivity contribution in [1.29, 1.82) is 0 Å². The maximum Gasteiger partial charge on any atom is 0.0406 e. The third-order valence-corrected chi connectivity index (χ3v) is 3.67. The Balaban J connectivity index is 1.87. The summed E-state index contributed by atoms with van der Waals surface area (Å²) in [6.07, 6.45) is 1.26. The molecule has 1 aliphatic heterocycles. The molecule has 1 N–H and O–H groups in total. The highest BCUT2D eigenvalue weighted by Gasteiger charge is 2.19. The minimum atomic E-state index is 0.644. The molecule has 3 heteroatoms. The molecule has 0 saturated carbocycles. The summed E-state index contributed by atoms with van der Waals surface area (Å²) in [7, 11) is 0. The zero-order valence-corrected chi connectivity index (χ0v) is 12.1. The zero-order chi connectivity index (χ0) is 13.0. The Hall–Kier alpha value is -0.570. The van der Waals surface area contributed by atoms with Crippen molar-refractivity contribution in [2.24, 2.45) is 5.92 Å². The topological polar surface area (TPSA) is 15.3 Å². The van der Waals surface area contributed by atoms with Gasteiger partial charge in [0.05, 0.1) is 0 Å². The lowest BCUT2D eigenvalue weighted by atomic mass is 10.0. The van der Waals surface area contributed by atoms with Crippen LogP contribution in [0, 0.1) is 5.92 Å². The summed E-state index contributed by atoms with van der Waals surface area (Å²) < 4.78 is 0. The summed E-state index contributed by atoms with van der Waals surface area (Å²) in [5, 5.41) is 4.43. The van der Waals surface area contributed by atoms with E-state index in [1.165, 1.54) is 12.0 Å². The molecule has 0 amide bonds. The van der Waals surface area contributed by atoms with E-state index in [1.807, 2.05) is 12.1 Å². The van der Waals surface area contributed by atoms with Crippen LogP contribution in [0.5, 0.6) is 0 Å². The van der Waals surface area contributed by atoms with Crippen LogP contribution in [0.2, 0.25) is 5.02 Å². The second kappa shape index (κ2) is 6.55. The molecule has 1 aliphatic rings. The fourth-order valence-electron chi connectivity index (χ4n) is 2.61. The van der Waals surface area contributed by atoms with Gasteiger partial charge in [-0.1, -0.05) is 37.6 Å². The second-order valence-electron chi connectivity index (χ2n) is 5.64. The summed E-state index contributed by atoms with van der Waals surface area (Å²) in [4.78, 5) is 2.53. The molecule has 0 aliphatic carbocycles. The van der Waals surface area contributed by atoms with Gasteiger partial charge >= 0.3 is 0 Å². The number of rotatable bonds is 4. The van der Waals surface area contributed by atoms with Gasteiger partial charge in [-0.15, -0.1) is 0 Å². The predicted octanol–water partition coefficient (Wildman–Crippen LogP) is 3.16. The van der Waals surface area contributed by atoms with Crippen molar-refractivity contribution in [3.8, 4) is 0 Å². The van der Waals surface area contributed by atoms with E-state index in [-0.39, 0.29) is 0 Å². The van der Waals surface area contributed by atoms with Crippen LogP contribution in [0.4, 0.5) is 0 Å². The van der Waals surface area contributed by atoms with E-state index in [4.69, 9.17) is 11.6 Å². The Kier molecular flexibility index (Phi) is 5.04. The van der Waals surface area contributed by atoms with Gasteiger partial charge in [0.25, 0.3) is 0 Å². The monoisotopic (exact) mass is 266 g/mol. The average molecular weight is 267 g/mol. The molecule has 0 aromatic heterocycles. The summed E-state index contributed by atoms with van der Waals surface area (Å²) in [6, 6.07) is 8.85. The molecular weight excluding hydrogens is 244 g/mol. The van der Waals surface area contributed by atoms with Gasteiger partial charge in [0.15, 0.2) is 0 Å². The molecule has 1 aromatic carbocycles. The van der Waals surface area contributed by atoms with Gasteiger partial charge in [-0.3, -0.25) is 4.90 Å². The molecule has 1 atom stereocenters. The molecule has 2 nitrogen and oxygen atoms in total. The highest BCUT2D eigenvalue weighted by Crippen LogP contribution is 2.14. The minimum absolute atomic E-state index is 0.644. The van der Waals surface area contributed by atoms with E-state index >= 15 is 0 Å². The van der Waals surface area contributed by atoms with Gasteiger partial charge in [0, 0.05) is 37.2 Å². The fourth-order valence-corrected chi connectivity index (χ4v) is 2.74. The smallest absolute Gasteiger partial charge is 0.0406 e. The molecule has 1 aromatic rings. The molecule has 100 valence electrons. The van der Waals surface area contributed by atoms with Crippen molar-refractivity contribution in [2.75, 3.05) is 19.6 Å². The molecule has 1 heterocycles. The molecule has 1 fully saturated rings. The summed E-state index contributed by atoms with van der Waals surface area (Å²) in [5.41, 5.74) is 1.35. The highest BCUT2D eigenvalue weighted by molar-refractivity contribution is 6.30. The average Bonchev–Trinajstić information content (AvgIpc) is 2.32. The van der Waals surface area contributed by atoms with Gasteiger partial charge < -0.3 is 5.32 Å². The van der Waals surface area contributed by atoms with Crippen molar-refractivity contribution in [3.05, 3.63) is 34.9 Å². The first-order valence-electron chi connectivity index (χ1n) is 6.83. The number of hydrogen-bond donors (Lipinski definition) is 1. The van der Waals surface area contributed by atoms with Crippen LogP contribution in [0.3, 0.4) is 0 Å². The SMILES string of the molecule is CC(C)CC1CN(Cc2ccc(Cl)cc2)CCN1. The number of halogens is 1. The molecule has 0 radical (unpaired) electrons. The van der Waals surface area contributed by atoms with Gasteiger partial charge in [0.1, 0.15) is 0 Å². The Morgan fingerprint density at radius 2 is 2.06 bits per heavy atom. The highest BCUT2D eigenvalue weighted by atomic mass is 35.5. The van der Waals surface area contributed by atoms with Crippen LogP contribution < -0.4 is 5.32 Å². The first-order chi connectivity index (χ1) is 8.63. The van der Waals surface area contributed by atoms with Crippen molar-refractivity contribution in [2.45, 2.75) is 32.9 Å². The summed E-state index contributed by atoms with van der Waals surface area (Å²) in [5.74, 6) is 0.762. The van der Waals surface area contributed by atoms with E-state index in [0.29, 0.717) is 6.04 Å². The predicted molar refractivity (Wildman–Crippen MR) is 78.0 cm³/mol. The quantitative estimate of drug-likeness (QED) is 0.901. The summed E-state index contributed by atoms with van der Waals surface area (Å²) in [6.45, 7) is 9.01. The van der Waals surface area contributed by atoms with E-state index in [2.05, 4.69) is 36.2 Å². The first kappa shape index (κ1) is 13.9. The van der Waals surface area contributed by atoms with Crippen LogP contribution in [-0.2, 0) is 6.54 Å². The Labute approximate surface area is 115 Å². The standard InChI is InChI=1S/C15H23ClN2/c1-12(2)9-15-11-18(8-7-17-15)10-13-3-5-14(16)6-4-13/h3-6,12,15,17H,7-11H2,1-2H3. The van der Waals surface area contributed by atoms with Gasteiger partial charge in [0.2, 0.25) is 0 Å². The van der Waals surface area contributed by atoms with Crippen molar-refractivity contribution in [1.82, 2.24) is 10.2 Å². The van der Waals surface area contributed by atoms with Gasteiger partial charge in [-0.25, -0.2) is 0 Å². The normalized spacial score (nSPS) is 21.4. The van der Waals surface area contributed by atoms with E-state index in [9.17, 15) is 0 Å². The lowest BCUT2D eigenvalue weighted by Gasteiger charge is -2.34. The van der Waals surface area contributed by atoms with Gasteiger partial charge in [-0.2, -0.15) is 0 Å². The molecule has 2 rings (SSSR count). The van der Waals surface area contributed by atoms with Gasteiger partial charge in [-0.05, 0) is 30.0 Å². The van der Waals surface area contributed by atoms with Crippen LogP contribution >= 0.6 is 11.6 Å². The Morgan fingerprint density at radius 1 is 1.33 bits per heavy atom. The van der Waals surface area contributed by atoms with E-state index < -0.39 is 0 Å². The number of piperazine rings is 1. The molecule has 1 unspecified atom stereocenters. The molecule has 1 saturated heterocycles. The summed E-state index contributed by atoms with van der Waals surface area (Å²) >= 11 is 5.91. The second-order valence-corrected chi connectivity index (χ2v) is 6.08. The number of hydrogen-bond acceptors (Lipinski definition) is 2.